The minimum atomic E-state index is -1.14. The summed E-state index contributed by atoms with van der Waals surface area (Å²) in [6.45, 7) is 1.17. The largest absolute Gasteiger partial charge is 0.368 e. The number of piperidine rings is 1. The van der Waals surface area contributed by atoms with E-state index in [0.29, 0.717) is 31.6 Å². The zero-order chi connectivity index (χ0) is 34.4. The molecule has 3 heterocycles. The van der Waals surface area contributed by atoms with Crippen molar-refractivity contribution in [1.29, 1.82) is 0 Å². The van der Waals surface area contributed by atoms with Crippen LogP contribution in [0.5, 0.6) is 0 Å². The third kappa shape index (κ3) is 8.13. The highest BCUT2D eigenvalue weighted by Crippen LogP contribution is 2.21. The van der Waals surface area contributed by atoms with Crippen molar-refractivity contribution in [2.75, 3.05) is 13.1 Å². The zero-order valence-corrected chi connectivity index (χ0v) is 27.7. The number of carbonyl (C=O) groups excluding carboxylic acids is 4. The summed E-state index contributed by atoms with van der Waals surface area (Å²) in [6.07, 6.45) is 3.00. The fourth-order valence-corrected chi connectivity index (χ4v) is 6.83. The van der Waals surface area contributed by atoms with Crippen molar-refractivity contribution in [1.82, 2.24) is 31.2 Å². The third-order valence-electron chi connectivity index (χ3n) is 9.11. The SMILES string of the molecule is NC(=O)[C@H](Cc1cscn1)NC(=O)[C@@H](Cc1c[nH]c2ccccc12)NC(=O)[C@@H](Cc1ccc2ccccc2c1)NC(=O)C1(N)CCNCC1. The summed E-state index contributed by atoms with van der Waals surface area (Å²) in [5.41, 5.74) is 15.8. The number of aromatic amines is 1. The highest BCUT2D eigenvalue weighted by molar-refractivity contribution is 7.07. The van der Waals surface area contributed by atoms with Gasteiger partial charge in [0.1, 0.15) is 18.1 Å². The van der Waals surface area contributed by atoms with Crippen molar-refractivity contribution < 1.29 is 19.2 Å². The van der Waals surface area contributed by atoms with Crippen molar-refractivity contribution >= 4 is 56.6 Å². The summed E-state index contributed by atoms with van der Waals surface area (Å²) in [5.74, 6) is -2.31. The quantitative estimate of drug-likeness (QED) is 0.0985. The first-order chi connectivity index (χ1) is 23.7. The Labute approximate surface area is 287 Å². The first-order valence-electron chi connectivity index (χ1n) is 16.3. The number of rotatable bonds is 13. The van der Waals surface area contributed by atoms with Gasteiger partial charge in [-0.3, -0.25) is 19.2 Å². The summed E-state index contributed by atoms with van der Waals surface area (Å²) < 4.78 is 0. The molecule has 0 saturated carbocycles. The second-order valence-electron chi connectivity index (χ2n) is 12.6. The molecule has 0 unspecified atom stereocenters. The van der Waals surface area contributed by atoms with Crippen LogP contribution in [0, 0.1) is 0 Å². The van der Waals surface area contributed by atoms with Gasteiger partial charge >= 0.3 is 0 Å². The number of thiazole rings is 1. The van der Waals surface area contributed by atoms with Gasteiger partial charge in [0.05, 0.1) is 16.7 Å². The van der Waals surface area contributed by atoms with E-state index in [1.165, 1.54) is 11.3 Å². The number of amides is 4. The number of H-pyrrole nitrogens is 1. The molecule has 1 aliphatic heterocycles. The lowest BCUT2D eigenvalue weighted by Crippen LogP contribution is -2.63. The monoisotopic (exact) mass is 680 g/mol. The molecule has 0 radical (unpaired) electrons. The van der Waals surface area contributed by atoms with Gasteiger partial charge < -0.3 is 37.7 Å². The molecular formula is C36H40N8O4S. The van der Waals surface area contributed by atoms with Crippen LogP contribution in [-0.2, 0) is 38.4 Å². The van der Waals surface area contributed by atoms with E-state index in [1.807, 2.05) is 66.7 Å². The van der Waals surface area contributed by atoms with E-state index in [2.05, 4.69) is 31.2 Å². The molecule has 13 heteroatoms. The number of hydrogen-bond acceptors (Lipinski definition) is 8. The van der Waals surface area contributed by atoms with E-state index >= 15 is 0 Å². The van der Waals surface area contributed by atoms with Crippen molar-refractivity contribution in [2.24, 2.45) is 11.5 Å². The predicted molar refractivity (Wildman–Crippen MR) is 189 cm³/mol. The van der Waals surface area contributed by atoms with Gasteiger partial charge in [0.2, 0.25) is 23.6 Å². The van der Waals surface area contributed by atoms with E-state index < -0.39 is 47.3 Å². The Morgan fingerprint density at radius 1 is 0.837 bits per heavy atom. The number of primary amides is 1. The fourth-order valence-electron chi connectivity index (χ4n) is 6.26. The van der Waals surface area contributed by atoms with Gasteiger partial charge in [-0.25, -0.2) is 4.98 Å². The molecule has 1 saturated heterocycles. The average molecular weight is 681 g/mol. The lowest BCUT2D eigenvalue weighted by molar-refractivity contribution is -0.134. The molecule has 2 aromatic heterocycles. The first kappa shape index (κ1) is 33.8. The molecule has 9 N–H and O–H groups in total. The fraction of sp³-hybridized carbons (Fsp3) is 0.306. The topological polar surface area (TPSA) is 197 Å². The molecule has 1 aliphatic rings. The lowest BCUT2D eigenvalue weighted by atomic mass is 9.88. The van der Waals surface area contributed by atoms with Crippen LogP contribution in [-0.4, -0.2) is 70.4 Å². The van der Waals surface area contributed by atoms with Gasteiger partial charge in [0.25, 0.3) is 0 Å². The maximum absolute atomic E-state index is 14.2. The van der Waals surface area contributed by atoms with Crippen LogP contribution in [0.4, 0.5) is 0 Å². The normalized spacial score (nSPS) is 16.0. The molecular weight excluding hydrogens is 641 g/mol. The third-order valence-corrected chi connectivity index (χ3v) is 9.75. The Hall–Kier alpha value is -5.11. The molecule has 3 atom stereocenters. The molecule has 254 valence electrons. The number of para-hydroxylation sites is 1. The van der Waals surface area contributed by atoms with Gasteiger partial charge in [-0.15, -0.1) is 11.3 Å². The molecule has 3 aromatic carbocycles. The first-order valence-corrected chi connectivity index (χ1v) is 17.2. The summed E-state index contributed by atoms with van der Waals surface area (Å²) in [5, 5.41) is 16.5. The van der Waals surface area contributed by atoms with Crippen LogP contribution in [0.3, 0.4) is 0 Å². The van der Waals surface area contributed by atoms with Crippen LogP contribution in [0.25, 0.3) is 21.7 Å². The Bertz CT molecular complexity index is 1950. The number of nitrogens with two attached hydrogens (primary N) is 2. The molecule has 4 amide bonds. The van der Waals surface area contributed by atoms with Crippen LogP contribution in [0.2, 0.25) is 0 Å². The molecule has 5 aromatic rings. The van der Waals surface area contributed by atoms with Crippen molar-refractivity contribution in [3.05, 3.63) is 101 Å². The Kier molecular flexibility index (Phi) is 10.3. The van der Waals surface area contributed by atoms with Gasteiger partial charge in [0, 0.05) is 41.7 Å². The smallest absolute Gasteiger partial charge is 0.243 e. The summed E-state index contributed by atoms with van der Waals surface area (Å²) in [4.78, 5) is 61.7. The summed E-state index contributed by atoms with van der Waals surface area (Å²) in [6, 6.07) is 18.2. The standard InChI is InChI=1S/C36H40N8O4S/c37-32(45)29(18-26-20-49-21-41-26)42-34(47)31(17-25-19-40-28-8-4-3-7-27(25)28)43-33(46)30(44-35(48)36(38)11-13-39-14-12-36)16-22-9-10-23-5-1-2-6-24(23)15-22/h1-10,15,19-21,29-31,39-40H,11-14,16-18,38H2,(H2,37,45)(H,42,47)(H,43,46)(H,44,48)/t29-,30+,31+/m0/s1. The minimum Gasteiger partial charge on any atom is -0.368 e. The molecule has 0 aliphatic carbocycles. The van der Waals surface area contributed by atoms with Gasteiger partial charge in [0.15, 0.2) is 0 Å². The second-order valence-corrected chi connectivity index (χ2v) is 13.3. The zero-order valence-electron chi connectivity index (χ0n) is 26.9. The van der Waals surface area contributed by atoms with E-state index in [1.54, 1.807) is 17.1 Å². The van der Waals surface area contributed by atoms with Gasteiger partial charge in [-0.1, -0.05) is 60.7 Å². The number of fused-ring (bicyclic) bond motifs is 2. The lowest BCUT2D eigenvalue weighted by Gasteiger charge is -2.34. The van der Waals surface area contributed by atoms with Crippen molar-refractivity contribution in [3.8, 4) is 0 Å². The van der Waals surface area contributed by atoms with Crippen molar-refractivity contribution in [2.45, 2.75) is 55.8 Å². The molecule has 0 bridgehead atoms. The Morgan fingerprint density at radius 2 is 1.53 bits per heavy atom. The van der Waals surface area contributed by atoms with E-state index in [9.17, 15) is 19.2 Å². The van der Waals surface area contributed by atoms with E-state index in [-0.39, 0.29) is 19.3 Å². The second kappa shape index (κ2) is 15.0. The van der Waals surface area contributed by atoms with Crippen LogP contribution < -0.4 is 32.7 Å². The van der Waals surface area contributed by atoms with Crippen molar-refractivity contribution in [3.63, 3.8) is 0 Å². The predicted octanol–water partition coefficient (Wildman–Crippen LogP) is 1.83. The Balaban J connectivity index is 1.29. The van der Waals surface area contributed by atoms with Gasteiger partial charge in [-0.2, -0.15) is 0 Å². The highest BCUT2D eigenvalue weighted by Gasteiger charge is 2.38. The molecule has 0 spiro atoms. The number of carbonyl (C=O) groups is 4. The molecule has 12 nitrogen and oxygen atoms in total. The number of aromatic nitrogens is 2. The number of nitrogens with one attached hydrogen (secondary N) is 5. The van der Waals surface area contributed by atoms with Crippen LogP contribution in [0.1, 0.15) is 29.7 Å². The number of benzene rings is 3. The Morgan fingerprint density at radius 3 is 2.27 bits per heavy atom. The highest BCUT2D eigenvalue weighted by atomic mass is 32.1. The summed E-state index contributed by atoms with van der Waals surface area (Å²) in [7, 11) is 0. The number of hydrogen-bond donors (Lipinski definition) is 7. The molecule has 49 heavy (non-hydrogen) atoms. The van der Waals surface area contributed by atoms with Gasteiger partial charge in [-0.05, 0) is 53.9 Å². The van der Waals surface area contributed by atoms with Crippen LogP contribution >= 0.6 is 11.3 Å². The maximum Gasteiger partial charge on any atom is 0.243 e. The minimum absolute atomic E-state index is 0.104. The van der Waals surface area contributed by atoms with E-state index in [0.717, 1.165) is 32.8 Å². The number of nitrogens with zero attached hydrogens (tertiary/aromatic N) is 1. The summed E-state index contributed by atoms with van der Waals surface area (Å²) >= 11 is 1.37. The van der Waals surface area contributed by atoms with Crippen LogP contribution in [0.15, 0.2) is 83.8 Å². The molecule has 1 fully saturated rings. The molecule has 6 rings (SSSR count). The van der Waals surface area contributed by atoms with E-state index in [4.69, 9.17) is 11.5 Å². The maximum atomic E-state index is 14.2. The average Bonchev–Trinajstić information content (AvgIpc) is 3.77.